The van der Waals surface area contributed by atoms with Gasteiger partial charge < -0.3 is 9.47 Å². The van der Waals surface area contributed by atoms with Gasteiger partial charge in [0.1, 0.15) is 12.2 Å². The highest BCUT2D eigenvalue weighted by Crippen LogP contribution is 2.22. The van der Waals surface area contributed by atoms with Crippen LogP contribution in [0.4, 0.5) is 0 Å². The van der Waals surface area contributed by atoms with Gasteiger partial charge in [0.15, 0.2) is 0 Å². The lowest BCUT2D eigenvalue weighted by molar-refractivity contribution is -0.146. The van der Waals surface area contributed by atoms with Crippen molar-refractivity contribution in [1.29, 1.82) is 0 Å². The Morgan fingerprint density at radius 2 is 1.07 bits per heavy atom. The normalized spacial score (nSPS) is 15.2. The molecule has 0 saturated carbocycles. The Morgan fingerprint density at radius 3 is 1.32 bits per heavy atom. The molecule has 0 aliphatic heterocycles. The first-order chi connectivity index (χ1) is 13.1. The van der Waals surface area contributed by atoms with Gasteiger partial charge in [0, 0.05) is 34.7 Å². The zero-order valence-corrected chi connectivity index (χ0v) is 19.3. The molecule has 0 aromatic heterocycles. The van der Waals surface area contributed by atoms with Crippen LogP contribution in [0.25, 0.3) is 0 Å². The Morgan fingerprint density at radius 1 is 0.750 bits per heavy atom. The molecule has 0 heterocycles. The maximum Gasteiger partial charge on any atom is 0.333 e. The quantitative estimate of drug-likeness (QED) is 0.136. The summed E-state index contributed by atoms with van der Waals surface area (Å²) in [7, 11) is 0. The second-order valence-electron chi connectivity index (χ2n) is 7.60. The van der Waals surface area contributed by atoms with Crippen molar-refractivity contribution in [2.45, 2.75) is 78.4 Å². The number of carbonyl (C=O) groups is 2. The molecule has 28 heavy (non-hydrogen) atoms. The summed E-state index contributed by atoms with van der Waals surface area (Å²) in [4.78, 5) is 23.3. The molecule has 4 nitrogen and oxygen atoms in total. The van der Waals surface area contributed by atoms with Gasteiger partial charge in [0.25, 0.3) is 0 Å². The lowest BCUT2D eigenvalue weighted by Crippen LogP contribution is -2.26. The lowest BCUT2D eigenvalue weighted by atomic mass is 9.95. The number of esters is 2. The number of rotatable bonds is 15. The van der Waals surface area contributed by atoms with E-state index >= 15 is 0 Å². The number of hydrogen-bond acceptors (Lipinski definition) is 4. The van der Waals surface area contributed by atoms with E-state index in [2.05, 4.69) is 13.2 Å². The monoisotopic (exact) mass is 434 g/mol. The number of halogens is 2. The van der Waals surface area contributed by atoms with E-state index in [1.165, 1.54) is 0 Å². The van der Waals surface area contributed by atoms with Crippen LogP contribution >= 0.6 is 23.2 Å². The summed E-state index contributed by atoms with van der Waals surface area (Å²) >= 11 is 12.1. The van der Waals surface area contributed by atoms with Crippen LogP contribution in [0.5, 0.6) is 0 Å². The third-order valence-electron chi connectivity index (χ3n) is 4.91. The summed E-state index contributed by atoms with van der Waals surface area (Å²) in [5.41, 5.74) is 0.800. The van der Waals surface area contributed by atoms with E-state index in [1.54, 1.807) is 13.8 Å². The molecule has 0 bridgehead atoms. The zero-order chi connectivity index (χ0) is 21.7. The van der Waals surface area contributed by atoms with E-state index in [0.717, 1.165) is 38.5 Å². The number of unbranched alkanes of at least 4 members (excludes halogenated alkanes) is 3. The van der Waals surface area contributed by atoms with Gasteiger partial charge in [-0.1, -0.05) is 38.8 Å². The van der Waals surface area contributed by atoms with E-state index < -0.39 is 0 Å². The van der Waals surface area contributed by atoms with Crippen LogP contribution in [-0.2, 0) is 19.1 Å². The molecule has 0 aromatic rings. The number of carbonyl (C=O) groups excluding carboxylic acids is 2. The Kier molecular flexibility index (Phi) is 14.4. The second kappa shape index (κ2) is 14.9. The van der Waals surface area contributed by atoms with Gasteiger partial charge in [-0.15, -0.1) is 23.2 Å². The molecule has 4 unspecified atom stereocenters. The van der Waals surface area contributed by atoms with Gasteiger partial charge in [-0.25, -0.2) is 9.59 Å². The molecule has 0 aliphatic carbocycles. The predicted octanol–water partition coefficient (Wildman–Crippen LogP) is 6.05. The molecule has 4 atom stereocenters. The molecule has 162 valence electrons. The van der Waals surface area contributed by atoms with Gasteiger partial charge in [-0.2, -0.15) is 0 Å². The fourth-order valence-corrected chi connectivity index (χ4v) is 3.58. The average molecular weight is 435 g/mol. The topological polar surface area (TPSA) is 52.6 Å². The average Bonchev–Trinajstić information content (AvgIpc) is 2.63. The molecule has 0 fully saturated rings. The maximum atomic E-state index is 11.6. The molecular formula is C22H36Cl2O4. The van der Waals surface area contributed by atoms with Gasteiger partial charge in [0.2, 0.25) is 0 Å². The van der Waals surface area contributed by atoms with Gasteiger partial charge in [-0.05, 0) is 40.5 Å². The summed E-state index contributed by atoms with van der Waals surface area (Å²) in [6, 6.07) is 0. The largest absolute Gasteiger partial charge is 0.459 e. The van der Waals surface area contributed by atoms with Crippen molar-refractivity contribution >= 4 is 35.1 Å². The van der Waals surface area contributed by atoms with Crippen molar-refractivity contribution in [3.8, 4) is 0 Å². The highest BCUT2D eigenvalue weighted by molar-refractivity contribution is 6.18. The van der Waals surface area contributed by atoms with Crippen LogP contribution in [0.3, 0.4) is 0 Å². The van der Waals surface area contributed by atoms with E-state index in [1.807, 2.05) is 13.8 Å². The maximum absolute atomic E-state index is 11.6. The van der Waals surface area contributed by atoms with E-state index in [0.29, 0.717) is 22.9 Å². The molecule has 0 saturated heterocycles. The van der Waals surface area contributed by atoms with Crippen LogP contribution in [0.1, 0.15) is 66.2 Å². The fourth-order valence-electron chi connectivity index (χ4n) is 2.77. The summed E-state index contributed by atoms with van der Waals surface area (Å²) in [5, 5.41) is 0. The molecule has 0 aromatic carbocycles. The fraction of sp³-hybridized carbons (Fsp3) is 0.727. The number of alkyl halides is 2. The van der Waals surface area contributed by atoms with Crippen LogP contribution in [0, 0.1) is 11.8 Å². The first kappa shape index (κ1) is 27.0. The molecule has 0 spiro atoms. The Hall–Kier alpha value is -1.00. The summed E-state index contributed by atoms with van der Waals surface area (Å²) in [6.07, 6.45) is 5.60. The lowest BCUT2D eigenvalue weighted by Gasteiger charge is -2.23. The molecule has 0 N–H and O–H groups in total. The smallest absolute Gasteiger partial charge is 0.333 e. The minimum absolute atomic E-state index is 0.141. The van der Waals surface area contributed by atoms with Crippen molar-refractivity contribution in [3.63, 3.8) is 0 Å². The first-order valence-electron chi connectivity index (χ1n) is 9.98. The van der Waals surface area contributed by atoms with Crippen molar-refractivity contribution in [1.82, 2.24) is 0 Å². The molecule has 6 heteroatoms. The van der Waals surface area contributed by atoms with Crippen molar-refractivity contribution in [2.24, 2.45) is 11.8 Å². The highest BCUT2D eigenvalue weighted by atomic mass is 35.5. The highest BCUT2D eigenvalue weighted by Gasteiger charge is 2.21. The van der Waals surface area contributed by atoms with Gasteiger partial charge >= 0.3 is 11.9 Å². The Balaban J connectivity index is 4.12. The zero-order valence-electron chi connectivity index (χ0n) is 17.8. The minimum Gasteiger partial charge on any atom is -0.459 e. The number of hydrogen-bond donors (Lipinski definition) is 0. The van der Waals surface area contributed by atoms with Crippen LogP contribution < -0.4 is 0 Å². The standard InChI is InChI=1S/C22H36Cl2O4/c1-15(2)21(25)27-17(5)19(13-23)11-9-7-8-10-12-20(14-24)18(6)28-22(26)16(3)4/h17-20H,1,3,7-14H2,2,4-6H3. The van der Waals surface area contributed by atoms with Crippen LogP contribution in [0.15, 0.2) is 24.3 Å². The van der Waals surface area contributed by atoms with Crippen molar-refractivity contribution in [3.05, 3.63) is 24.3 Å². The number of ether oxygens (including phenoxy) is 2. The van der Waals surface area contributed by atoms with E-state index in [9.17, 15) is 9.59 Å². The Labute approximate surface area is 180 Å². The first-order valence-corrected chi connectivity index (χ1v) is 11.1. The van der Waals surface area contributed by atoms with Crippen LogP contribution in [0.2, 0.25) is 0 Å². The summed E-state index contributed by atoms with van der Waals surface area (Å²) in [5.74, 6) is 0.478. The van der Waals surface area contributed by atoms with Crippen molar-refractivity contribution < 1.29 is 19.1 Å². The summed E-state index contributed by atoms with van der Waals surface area (Å²) in [6.45, 7) is 14.2. The summed E-state index contributed by atoms with van der Waals surface area (Å²) < 4.78 is 10.8. The van der Waals surface area contributed by atoms with E-state index in [4.69, 9.17) is 32.7 Å². The molecule has 0 aliphatic rings. The van der Waals surface area contributed by atoms with Crippen molar-refractivity contribution in [2.75, 3.05) is 11.8 Å². The van der Waals surface area contributed by atoms with Gasteiger partial charge in [0.05, 0.1) is 0 Å². The van der Waals surface area contributed by atoms with Gasteiger partial charge in [-0.3, -0.25) is 0 Å². The van der Waals surface area contributed by atoms with E-state index in [-0.39, 0.29) is 36.0 Å². The molecule has 0 rings (SSSR count). The van der Waals surface area contributed by atoms with Crippen LogP contribution in [-0.4, -0.2) is 35.9 Å². The molecule has 0 amide bonds. The Bertz CT molecular complexity index is 473. The minimum atomic E-state index is -0.365. The molecule has 0 radical (unpaired) electrons. The second-order valence-corrected chi connectivity index (χ2v) is 8.22. The predicted molar refractivity (Wildman–Crippen MR) is 117 cm³/mol. The SMILES string of the molecule is C=C(C)C(=O)OC(C)C(CCl)CCCCCCC(CCl)C(C)OC(=O)C(=C)C. The third-order valence-corrected chi connectivity index (χ3v) is 5.70. The third kappa shape index (κ3) is 11.1. The molecular weight excluding hydrogens is 399 g/mol.